The molecule has 0 radical (unpaired) electrons. The molecule has 1 atom stereocenters. The van der Waals surface area contributed by atoms with Gasteiger partial charge < -0.3 is 15.2 Å². The van der Waals surface area contributed by atoms with Gasteiger partial charge in [0, 0.05) is 12.1 Å². The van der Waals surface area contributed by atoms with E-state index in [2.05, 4.69) is 5.32 Å². The van der Waals surface area contributed by atoms with Crippen molar-refractivity contribution in [3.05, 3.63) is 29.8 Å². The molecule has 1 rings (SSSR count). The zero-order chi connectivity index (χ0) is 13.8. The van der Waals surface area contributed by atoms with Gasteiger partial charge in [-0.1, -0.05) is 6.07 Å². The molecular weight excluding hydrogens is 240 g/mol. The Morgan fingerprint density at radius 1 is 1.28 bits per heavy atom. The molecule has 0 fully saturated rings. The first-order valence-electron chi connectivity index (χ1n) is 5.79. The summed E-state index contributed by atoms with van der Waals surface area (Å²) in [6.45, 7) is 5.99. The molecule has 0 saturated carbocycles. The maximum absolute atomic E-state index is 13.2. The Hall–Kier alpha value is -1.20. The average Bonchev–Trinajstić information content (AvgIpc) is 2.25. The lowest BCUT2D eigenvalue weighted by Gasteiger charge is -2.23. The molecule has 1 unspecified atom stereocenters. The van der Waals surface area contributed by atoms with Crippen molar-refractivity contribution in [2.24, 2.45) is 0 Å². The number of aliphatic hydroxyl groups is 1. The largest absolute Gasteiger partial charge is 0.485 e. The summed E-state index contributed by atoms with van der Waals surface area (Å²) in [5, 5.41) is 12.7. The fourth-order valence-electron chi connectivity index (χ4n) is 1.28. The van der Waals surface area contributed by atoms with E-state index in [1.807, 2.05) is 20.8 Å². The van der Waals surface area contributed by atoms with Crippen LogP contribution >= 0.6 is 0 Å². The highest BCUT2D eigenvalue weighted by Gasteiger charge is 2.15. The minimum atomic E-state index is -0.830. The second-order valence-corrected chi connectivity index (χ2v) is 5.15. The summed E-state index contributed by atoms with van der Waals surface area (Å²) in [5.74, 6) is -2.00. The number of halogens is 2. The van der Waals surface area contributed by atoms with Crippen molar-refractivity contribution in [3.63, 3.8) is 0 Å². The van der Waals surface area contributed by atoms with Crippen LogP contribution in [0.15, 0.2) is 18.2 Å². The van der Waals surface area contributed by atoms with Gasteiger partial charge in [0.15, 0.2) is 17.4 Å². The smallest absolute Gasteiger partial charge is 0.190 e. The van der Waals surface area contributed by atoms with Crippen LogP contribution in [-0.4, -0.2) is 29.9 Å². The first kappa shape index (κ1) is 14.9. The topological polar surface area (TPSA) is 41.5 Å². The van der Waals surface area contributed by atoms with Crippen LogP contribution in [0.4, 0.5) is 8.78 Å². The summed E-state index contributed by atoms with van der Waals surface area (Å²) in [5.41, 5.74) is -0.135. The van der Waals surface area contributed by atoms with Crippen LogP contribution in [0.3, 0.4) is 0 Å². The fourth-order valence-corrected chi connectivity index (χ4v) is 1.28. The van der Waals surface area contributed by atoms with Gasteiger partial charge in [-0.05, 0) is 32.9 Å². The lowest BCUT2D eigenvalue weighted by Crippen LogP contribution is -2.42. The number of aliphatic hydroxyl groups excluding tert-OH is 1. The van der Waals surface area contributed by atoms with Crippen LogP contribution < -0.4 is 10.1 Å². The second kappa shape index (κ2) is 6.11. The van der Waals surface area contributed by atoms with Gasteiger partial charge in [0.25, 0.3) is 0 Å². The van der Waals surface area contributed by atoms with E-state index in [-0.39, 0.29) is 12.1 Å². The number of ether oxygens (including phenoxy) is 1. The third-order valence-electron chi connectivity index (χ3n) is 2.21. The Morgan fingerprint density at radius 2 is 1.83 bits per heavy atom. The van der Waals surface area contributed by atoms with Crippen LogP contribution in [-0.2, 0) is 0 Å². The van der Waals surface area contributed by atoms with E-state index in [4.69, 9.17) is 4.74 Å². The van der Waals surface area contributed by atoms with Gasteiger partial charge in [-0.3, -0.25) is 0 Å². The van der Waals surface area contributed by atoms with E-state index < -0.39 is 23.5 Å². The summed E-state index contributed by atoms with van der Waals surface area (Å²) in [7, 11) is 0. The predicted molar refractivity (Wildman–Crippen MR) is 65.6 cm³/mol. The van der Waals surface area contributed by atoms with E-state index in [0.717, 1.165) is 12.1 Å². The van der Waals surface area contributed by atoms with Crippen LogP contribution in [0, 0.1) is 11.6 Å². The molecule has 0 saturated heterocycles. The van der Waals surface area contributed by atoms with Crippen LogP contribution in [0.1, 0.15) is 20.8 Å². The van der Waals surface area contributed by atoms with Crippen molar-refractivity contribution >= 4 is 0 Å². The molecule has 1 aromatic carbocycles. The van der Waals surface area contributed by atoms with E-state index in [9.17, 15) is 13.9 Å². The lowest BCUT2D eigenvalue weighted by molar-refractivity contribution is 0.0957. The Kier molecular flexibility index (Phi) is 5.04. The van der Waals surface area contributed by atoms with Gasteiger partial charge in [-0.2, -0.15) is 0 Å². The Labute approximate surface area is 106 Å². The van der Waals surface area contributed by atoms with Crippen LogP contribution in [0.25, 0.3) is 0 Å². The third-order valence-corrected chi connectivity index (χ3v) is 2.21. The Balaban J connectivity index is 2.45. The first-order chi connectivity index (χ1) is 8.29. The number of nitrogens with one attached hydrogen (secondary N) is 1. The van der Waals surface area contributed by atoms with Gasteiger partial charge >= 0.3 is 0 Å². The van der Waals surface area contributed by atoms with E-state index in [0.29, 0.717) is 6.54 Å². The van der Waals surface area contributed by atoms with Gasteiger partial charge in [-0.25, -0.2) is 8.78 Å². The van der Waals surface area contributed by atoms with Crippen LogP contribution in [0.5, 0.6) is 5.75 Å². The molecule has 2 N–H and O–H groups in total. The van der Waals surface area contributed by atoms with E-state index in [1.54, 1.807) is 0 Å². The second-order valence-electron chi connectivity index (χ2n) is 5.15. The van der Waals surface area contributed by atoms with Gasteiger partial charge in [-0.15, -0.1) is 0 Å². The molecule has 5 heteroatoms. The number of rotatable bonds is 5. The molecule has 0 aliphatic carbocycles. The van der Waals surface area contributed by atoms with E-state index >= 15 is 0 Å². The molecule has 0 aromatic heterocycles. The Bertz CT molecular complexity index is 371. The summed E-state index contributed by atoms with van der Waals surface area (Å²) in [6.07, 6.45) is -0.830. The highest BCUT2D eigenvalue weighted by Crippen LogP contribution is 2.20. The monoisotopic (exact) mass is 259 g/mol. The summed E-state index contributed by atoms with van der Waals surface area (Å²) in [6, 6.07) is 3.48. The van der Waals surface area contributed by atoms with Crippen molar-refractivity contribution in [3.8, 4) is 5.75 Å². The zero-order valence-corrected chi connectivity index (χ0v) is 10.8. The van der Waals surface area contributed by atoms with Crippen molar-refractivity contribution in [1.82, 2.24) is 5.32 Å². The standard InChI is InChI=1S/C13H19F2NO2/c1-13(2,3)16-7-9(17)8-18-12-10(14)5-4-6-11(12)15/h4-6,9,16-17H,7-8H2,1-3H3. The molecule has 0 aliphatic rings. The predicted octanol–water partition coefficient (Wildman–Crippen LogP) is 2.09. The quantitative estimate of drug-likeness (QED) is 0.850. The molecule has 0 spiro atoms. The first-order valence-corrected chi connectivity index (χ1v) is 5.79. The molecule has 3 nitrogen and oxygen atoms in total. The van der Waals surface area contributed by atoms with Crippen molar-refractivity contribution in [2.45, 2.75) is 32.4 Å². The zero-order valence-electron chi connectivity index (χ0n) is 10.8. The number of hydrogen-bond acceptors (Lipinski definition) is 3. The van der Waals surface area contributed by atoms with E-state index in [1.165, 1.54) is 6.07 Å². The molecule has 0 bridgehead atoms. The van der Waals surface area contributed by atoms with Crippen molar-refractivity contribution in [2.75, 3.05) is 13.2 Å². The lowest BCUT2D eigenvalue weighted by atomic mass is 10.1. The van der Waals surface area contributed by atoms with Gasteiger partial charge in [0.1, 0.15) is 12.7 Å². The molecule has 1 aromatic rings. The van der Waals surface area contributed by atoms with Crippen molar-refractivity contribution in [1.29, 1.82) is 0 Å². The molecular formula is C13H19F2NO2. The SMILES string of the molecule is CC(C)(C)NCC(O)COc1c(F)cccc1F. The number of β-amino-alcohol motifs (C(OH)–C–C–N with tert-alkyl or cyclic N) is 1. The molecule has 18 heavy (non-hydrogen) atoms. The maximum Gasteiger partial charge on any atom is 0.190 e. The normalized spacial score (nSPS) is 13.4. The number of benzene rings is 1. The molecule has 0 heterocycles. The van der Waals surface area contributed by atoms with Crippen LogP contribution in [0.2, 0.25) is 0 Å². The highest BCUT2D eigenvalue weighted by atomic mass is 19.1. The minimum absolute atomic E-state index is 0.135. The Morgan fingerprint density at radius 3 is 2.33 bits per heavy atom. The van der Waals surface area contributed by atoms with Gasteiger partial charge in [0.05, 0.1) is 0 Å². The van der Waals surface area contributed by atoms with Crippen molar-refractivity contribution < 1.29 is 18.6 Å². The minimum Gasteiger partial charge on any atom is -0.485 e. The summed E-state index contributed by atoms with van der Waals surface area (Å²) in [4.78, 5) is 0. The third kappa shape index (κ3) is 4.98. The number of para-hydroxylation sites is 1. The average molecular weight is 259 g/mol. The fraction of sp³-hybridized carbons (Fsp3) is 0.538. The number of hydrogen-bond donors (Lipinski definition) is 2. The molecule has 102 valence electrons. The maximum atomic E-state index is 13.2. The highest BCUT2D eigenvalue weighted by molar-refractivity contribution is 5.25. The summed E-state index contributed by atoms with van der Waals surface area (Å²) < 4.78 is 31.4. The molecule has 0 aliphatic heterocycles. The summed E-state index contributed by atoms with van der Waals surface area (Å²) >= 11 is 0. The van der Waals surface area contributed by atoms with Gasteiger partial charge in [0.2, 0.25) is 0 Å². The molecule has 0 amide bonds.